The molecule has 1 aliphatic rings. The molecule has 0 amide bonds. The highest BCUT2D eigenvalue weighted by molar-refractivity contribution is 5.78. The number of hydrogen-bond donors (Lipinski definition) is 2. The van der Waals surface area contributed by atoms with Gasteiger partial charge in [-0.15, -0.1) is 0 Å². The average Bonchev–Trinajstić information content (AvgIpc) is 2.70. The Balaban J connectivity index is 1.66. The second-order valence-corrected chi connectivity index (χ2v) is 7.17. The zero-order valence-corrected chi connectivity index (χ0v) is 16.4. The molecule has 1 saturated heterocycles. The number of carbonyl (C=O) groups is 1. The third-order valence-corrected chi connectivity index (χ3v) is 5.16. The van der Waals surface area contributed by atoms with Gasteiger partial charge in [-0.2, -0.15) is 0 Å². The van der Waals surface area contributed by atoms with Crippen LogP contribution in [-0.2, 0) is 17.9 Å². The molecule has 1 fully saturated rings. The van der Waals surface area contributed by atoms with Gasteiger partial charge in [0, 0.05) is 44.1 Å². The molecule has 3 rings (SSSR count). The van der Waals surface area contributed by atoms with Crippen LogP contribution in [0.2, 0.25) is 0 Å². The van der Waals surface area contributed by atoms with Crippen molar-refractivity contribution in [1.29, 1.82) is 0 Å². The zero-order valence-electron chi connectivity index (χ0n) is 16.4. The molecule has 156 valence electrons. The van der Waals surface area contributed by atoms with Crippen LogP contribution in [0.5, 0.6) is 11.5 Å². The fourth-order valence-electron chi connectivity index (χ4n) is 3.60. The minimum Gasteiger partial charge on any atom is -0.494 e. The average molecular weight is 403 g/mol. The molecule has 2 aromatic carbocycles. The van der Waals surface area contributed by atoms with Crippen molar-refractivity contribution >= 4 is 5.97 Å². The normalized spacial score (nSPS) is 16.4. The second kappa shape index (κ2) is 9.24. The van der Waals surface area contributed by atoms with Gasteiger partial charge in [-0.1, -0.05) is 12.1 Å². The largest absolute Gasteiger partial charge is 0.494 e. The highest BCUT2D eigenvalue weighted by atomic mass is 19.1. The standard InChI is InChI=1S/C22H26FNO5/c1-2-28-20-7-6-16(12-17(20)15-25)14-24-10-8-22(9-11-24,21(26)27)29-19-5-3-4-18(23)13-19/h3-7,12-13,25H,2,8-11,14-15H2,1H3,(H,26,27). The number of piperidine rings is 1. The molecule has 0 radical (unpaired) electrons. The van der Waals surface area contributed by atoms with Gasteiger partial charge < -0.3 is 19.7 Å². The molecule has 0 bridgehead atoms. The summed E-state index contributed by atoms with van der Waals surface area (Å²) in [6.45, 7) is 4.01. The van der Waals surface area contributed by atoms with Gasteiger partial charge in [-0.05, 0) is 36.8 Å². The van der Waals surface area contributed by atoms with Crippen LogP contribution in [-0.4, -0.2) is 46.4 Å². The van der Waals surface area contributed by atoms with Crippen LogP contribution >= 0.6 is 0 Å². The van der Waals surface area contributed by atoms with Crippen molar-refractivity contribution in [3.8, 4) is 11.5 Å². The number of rotatable bonds is 8. The maximum absolute atomic E-state index is 13.4. The van der Waals surface area contributed by atoms with E-state index in [1.54, 1.807) is 6.07 Å². The minimum atomic E-state index is -1.36. The number of ether oxygens (including phenoxy) is 2. The second-order valence-electron chi connectivity index (χ2n) is 7.17. The molecule has 1 aliphatic heterocycles. The Morgan fingerprint density at radius 2 is 1.97 bits per heavy atom. The van der Waals surface area contributed by atoms with Crippen molar-refractivity contribution in [3.05, 3.63) is 59.4 Å². The Labute approximate surface area is 169 Å². The van der Waals surface area contributed by atoms with Gasteiger partial charge in [-0.25, -0.2) is 9.18 Å². The summed E-state index contributed by atoms with van der Waals surface area (Å²) in [7, 11) is 0. The summed E-state index contributed by atoms with van der Waals surface area (Å²) in [6.07, 6.45) is 0.589. The molecule has 7 heteroatoms. The quantitative estimate of drug-likeness (QED) is 0.705. The summed E-state index contributed by atoms with van der Waals surface area (Å²) >= 11 is 0. The molecule has 2 aromatic rings. The number of likely N-dealkylation sites (tertiary alicyclic amines) is 1. The summed E-state index contributed by atoms with van der Waals surface area (Å²) in [5.41, 5.74) is 0.390. The predicted molar refractivity (Wildman–Crippen MR) is 105 cm³/mol. The molecule has 0 aromatic heterocycles. The van der Waals surface area contributed by atoms with E-state index in [0.717, 1.165) is 11.1 Å². The van der Waals surface area contributed by atoms with E-state index in [0.29, 0.717) is 44.8 Å². The molecule has 0 spiro atoms. The summed E-state index contributed by atoms with van der Waals surface area (Å²) in [5, 5.41) is 19.3. The van der Waals surface area contributed by atoms with Crippen molar-refractivity contribution in [2.24, 2.45) is 0 Å². The number of halogens is 1. The SMILES string of the molecule is CCOc1ccc(CN2CCC(Oc3cccc(F)c3)(C(=O)O)CC2)cc1CO. The van der Waals surface area contributed by atoms with Crippen LogP contribution in [0, 0.1) is 5.82 Å². The third-order valence-electron chi connectivity index (χ3n) is 5.16. The van der Waals surface area contributed by atoms with E-state index in [9.17, 15) is 19.4 Å². The summed E-state index contributed by atoms with van der Waals surface area (Å²) in [5.74, 6) is -0.605. The lowest BCUT2D eigenvalue weighted by Gasteiger charge is -2.39. The van der Waals surface area contributed by atoms with Crippen LogP contribution in [0.3, 0.4) is 0 Å². The maximum Gasteiger partial charge on any atom is 0.348 e. The van der Waals surface area contributed by atoms with Gasteiger partial charge in [-0.3, -0.25) is 4.90 Å². The monoisotopic (exact) mass is 403 g/mol. The summed E-state index contributed by atoms with van der Waals surface area (Å²) in [4.78, 5) is 14.1. The van der Waals surface area contributed by atoms with Crippen molar-refractivity contribution in [2.45, 2.75) is 38.5 Å². The zero-order chi connectivity index (χ0) is 20.9. The first-order valence-electron chi connectivity index (χ1n) is 9.71. The minimum absolute atomic E-state index is 0.104. The smallest absolute Gasteiger partial charge is 0.348 e. The van der Waals surface area contributed by atoms with E-state index in [2.05, 4.69) is 4.90 Å². The molecule has 1 heterocycles. The molecular weight excluding hydrogens is 377 g/mol. The van der Waals surface area contributed by atoms with Crippen LogP contribution in [0.25, 0.3) is 0 Å². The number of carboxylic acid groups (broad SMARTS) is 1. The Bertz CT molecular complexity index is 849. The summed E-state index contributed by atoms with van der Waals surface area (Å²) < 4.78 is 24.7. The van der Waals surface area contributed by atoms with Crippen molar-refractivity contribution in [2.75, 3.05) is 19.7 Å². The van der Waals surface area contributed by atoms with Gasteiger partial charge in [0.15, 0.2) is 0 Å². The van der Waals surface area contributed by atoms with Crippen molar-refractivity contribution < 1.29 is 28.9 Å². The fourth-order valence-corrected chi connectivity index (χ4v) is 3.60. The lowest BCUT2D eigenvalue weighted by molar-refractivity contribution is -0.159. The third kappa shape index (κ3) is 5.05. The lowest BCUT2D eigenvalue weighted by Crippen LogP contribution is -2.53. The van der Waals surface area contributed by atoms with Crippen molar-refractivity contribution in [3.63, 3.8) is 0 Å². The van der Waals surface area contributed by atoms with E-state index in [4.69, 9.17) is 9.47 Å². The van der Waals surface area contributed by atoms with Crippen LogP contribution in [0.1, 0.15) is 30.9 Å². The van der Waals surface area contributed by atoms with Crippen molar-refractivity contribution in [1.82, 2.24) is 4.90 Å². The highest BCUT2D eigenvalue weighted by Crippen LogP contribution is 2.31. The number of nitrogens with zero attached hydrogens (tertiary/aromatic N) is 1. The first kappa shape index (κ1) is 21.1. The Hall–Kier alpha value is -2.64. The number of aliphatic hydroxyl groups is 1. The number of carboxylic acids is 1. The fraction of sp³-hybridized carbons (Fsp3) is 0.409. The van der Waals surface area contributed by atoms with E-state index >= 15 is 0 Å². The molecular formula is C22H26FNO5. The number of aliphatic carboxylic acids is 1. The summed E-state index contributed by atoms with van der Waals surface area (Å²) in [6, 6.07) is 11.3. The Morgan fingerprint density at radius 3 is 2.59 bits per heavy atom. The predicted octanol–water partition coefficient (Wildman–Crippen LogP) is 3.21. The van der Waals surface area contributed by atoms with Gasteiger partial charge >= 0.3 is 5.97 Å². The Kier molecular flexibility index (Phi) is 6.71. The van der Waals surface area contributed by atoms with E-state index in [1.807, 2.05) is 25.1 Å². The number of hydrogen-bond acceptors (Lipinski definition) is 5. The Morgan fingerprint density at radius 1 is 1.21 bits per heavy atom. The lowest BCUT2D eigenvalue weighted by atomic mass is 9.90. The molecule has 29 heavy (non-hydrogen) atoms. The van der Waals surface area contributed by atoms with Gasteiger partial charge in [0.2, 0.25) is 5.60 Å². The molecule has 0 unspecified atom stereocenters. The van der Waals surface area contributed by atoms with Gasteiger partial charge in [0.25, 0.3) is 0 Å². The van der Waals surface area contributed by atoms with Gasteiger partial charge in [0.1, 0.15) is 17.3 Å². The molecule has 0 saturated carbocycles. The highest BCUT2D eigenvalue weighted by Gasteiger charge is 2.44. The number of benzene rings is 2. The van der Waals surface area contributed by atoms with E-state index < -0.39 is 17.4 Å². The van der Waals surface area contributed by atoms with E-state index in [-0.39, 0.29) is 12.4 Å². The van der Waals surface area contributed by atoms with E-state index in [1.165, 1.54) is 18.2 Å². The topological polar surface area (TPSA) is 79.2 Å². The maximum atomic E-state index is 13.4. The molecule has 6 nitrogen and oxygen atoms in total. The van der Waals surface area contributed by atoms with Crippen LogP contribution < -0.4 is 9.47 Å². The first-order chi connectivity index (χ1) is 14.0. The molecule has 0 aliphatic carbocycles. The van der Waals surface area contributed by atoms with Crippen LogP contribution in [0.4, 0.5) is 4.39 Å². The van der Waals surface area contributed by atoms with Gasteiger partial charge in [0.05, 0.1) is 13.2 Å². The molecule has 2 N–H and O–H groups in total. The molecule has 0 atom stereocenters. The van der Waals surface area contributed by atoms with Crippen LogP contribution in [0.15, 0.2) is 42.5 Å². The first-order valence-corrected chi connectivity index (χ1v) is 9.71. The number of aliphatic hydroxyl groups excluding tert-OH is 1.